The van der Waals surface area contributed by atoms with E-state index in [-0.39, 0.29) is 76.2 Å². The third-order valence-electron chi connectivity index (χ3n) is 9.29. The molecule has 8 rings (SSSR count). The maximum atomic E-state index is 9.56. The minimum absolute atomic E-state index is 0. The predicted octanol–water partition coefficient (Wildman–Crippen LogP) is 29.3. The van der Waals surface area contributed by atoms with Gasteiger partial charge in [-0.15, -0.1) is 4.33 Å². The fourth-order valence-corrected chi connectivity index (χ4v) is 3.64. The average molecular weight is 2170 g/mol. The number of benzene rings is 8. The number of unbranched alkanes of at least 4 members (excludes halogenated alkanes) is 3. The molecule has 0 saturated heterocycles. The summed E-state index contributed by atoms with van der Waals surface area (Å²) in [5, 5.41) is 10.7. The van der Waals surface area contributed by atoms with Gasteiger partial charge >= 0.3 is 21.1 Å². The maximum absolute atomic E-state index is 9.56. The Morgan fingerprint density at radius 2 is 0.262 bits per heavy atom. The molecule has 0 aromatic heterocycles. The predicted molar refractivity (Wildman–Crippen MR) is 566 cm³/mol. The molecule has 24 nitrogen and oxygen atoms in total. The summed E-state index contributed by atoms with van der Waals surface area (Å²) in [7, 11) is -25.6. The molecule has 8 N–H and O–H groups in total. The van der Waals surface area contributed by atoms with E-state index in [1.165, 1.54) is 119 Å². The molecule has 0 amide bonds. The Balaban J connectivity index is -0.0000000502. The molecule has 8 aromatic rings. The van der Waals surface area contributed by atoms with Gasteiger partial charge in [-0.2, -0.15) is 58.9 Å². The van der Waals surface area contributed by atoms with Gasteiger partial charge in [-0.05, 0) is 48.5 Å². The van der Waals surface area contributed by atoms with Gasteiger partial charge in [0.2, 0.25) is 0 Å². The molecule has 130 heavy (non-hydrogen) atoms. The van der Waals surface area contributed by atoms with Crippen LogP contribution >= 0.6 is 12.0 Å². The Morgan fingerprint density at radius 1 is 0.192 bits per heavy atom. The monoisotopic (exact) mass is 2170 g/mol. The van der Waals surface area contributed by atoms with E-state index in [4.69, 9.17) is 37.1 Å². The molecule has 0 saturated carbocycles. The fourth-order valence-electron chi connectivity index (χ4n) is 3.50. The van der Waals surface area contributed by atoms with Crippen LogP contribution < -0.4 is 0 Å². The third kappa shape index (κ3) is 375. The first-order valence-corrected chi connectivity index (χ1v) is 55.1. The van der Waals surface area contributed by atoms with E-state index in [0.717, 1.165) is 17.8 Å². The van der Waals surface area contributed by atoms with Crippen LogP contribution in [0.5, 0.6) is 0 Å². The van der Waals surface area contributed by atoms with Gasteiger partial charge in [0.15, 0.2) is 0 Å². The van der Waals surface area contributed by atoms with E-state index in [1.807, 2.05) is 326 Å². The van der Waals surface area contributed by atoms with Crippen molar-refractivity contribution in [1.82, 2.24) is 0 Å². The zero-order valence-corrected chi connectivity index (χ0v) is 94.4. The van der Waals surface area contributed by atoms with Gasteiger partial charge in [0.1, 0.15) is 0 Å². The van der Waals surface area contributed by atoms with Crippen molar-refractivity contribution in [2.75, 3.05) is 46.0 Å². The number of rotatable bonds is 13. The Kier molecular flexibility index (Phi) is 222. The van der Waals surface area contributed by atoms with Crippen LogP contribution in [0.15, 0.2) is 291 Å². The van der Waals surface area contributed by atoms with Crippen molar-refractivity contribution in [2.45, 2.75) is 264 Å². The molecule has 0 atom stereocenters. The normalized spacial score (nSPS) is 8.62. The van der Waals surface area contributed by atoms with Gasteiger partial charge < -0.3 is 14.9 Å². The number of hydrogen-bond donors (Lipinski definition) is 8. The molecule has 0 aliphatic rings. The molecule has 0 unspecified atom stereocenters. The standard InChI is InChI=1S/8C6H6.C5H12.C4H10.6C3H8.8C2H6O3S.2C2H6.2CH3.W/c8*1-2-4-6-5-3-1;1-3-5-4-2;1-3-4-2;6*1-3-2;7*1-2-6(3,4)5;1-2-6-5-4-3;2*1-2;;;/h8*1-6H;3-5H2,1-2H3;3-4H2,1-2H3;6*3H2,1-2H3;7*2H2,1H3,(H,3,4,5);3H,2H2,1H3;2*1-2H3;2*1H3;/q;;;;;;;;;;;;;;;;;;;;;;;;;;2*-1;+2. The molecule has 0 spiro atoms. The molecule has 0 radical (unpaired) electrons. The topological polar surface area (TPSA) is 419 Å². The molecule has 0 fully saturated rings. The van der Waals surface area contributed by atoms with Crippen LogP contribution in [-0.4, -0.2) is 142 Å². The van der Waals surface area contributed by atoms with Gasteiger partial charge in [0.25, 0.3) is 70.8 Å². The van der Waals surface area contributed by atoms with Crippen LogP contribution in [-0.2, 0) is 101 Å². The summed E-state index contributed by atoms with van der Waals surface area (Å²) in [5.41, 5.74) is 0. The van der Waals surface area contributed by atoms with Crippen LogP contribution in [0, 0.1) is 14.9 Å². The Labute approximate surface area is 819 Å². The summed E-state index contributed by atoms with van der Waals surface area (Å²) in [5.74, 6) is -0.645. The summed E-state index contributed by atoms with van der Waals surface area (Å²) in [6.45, 7) is 53.8. The summed E-state index contributed by atoms with van der Waals surface area (Å²) in [4.78, 5) is 0. The largest absolute Gasteiger partial charge is 2.00 e. The van der Waals surface area contributed by atoms with Crippen molar-refractivity contribution in [1.29, 1.82) is 0 Å². The molecule has 0 aliphatic heterocycles. The Morgan fingerprint density at radius 3 is 0.277 bits per heavy atom. The second kappa shape index (κ2) is 163. The van der Waals surface area contributed by atoms with E-state index in [2.05, 4.69) is 120 Å². The second-order valence-corrected chi connectivity index (χ2v) is 35.6. The van der Waals surface area contributed by atoms with Crippen molar-refractivity contribution < 1.29 is 126 Å². The van der Waals surface area contributed by atoms with Crippen LogP contribution in [0.2, 0.25) is 0 Å². The summed E-state index contributed by atoms with van der Waals surface area (Å²) in [6, 6.07) is 96.0. The SMILES string of the molecule is CC.CC.CCC.CCC.CCC.CCC.CCC.CCC.CCCC.CCCCC.CCS(=O)(=O)O.CCS(=O)(=O)O.CCS(=O)(=O)O.CCS(=O)(=O)O.CCS(=O)(=O)O.CCS(=O)(=O)O.CCS(=O)(=O)O.CCSOOO.[CH3-].[CH3-].[W+2].c1ccccc1.c1ccccc1.c1ccccc1.c1ccccc1.c1ccccc1.c1ccccc1.c1ccccc1.c1ccccc1. The van der Waals surface area contributed by atoms with E-state index < -0.39 is 70.8 Å². The van der Waals surface area contributed by atoms with Gasteiger partial charge in [-0.25, -0.2) is 5.26 Å². The van der Waals surface area contributed by atoms with E-state index >= 15 is 0 Å². The zero-order valence-electron chi connectivity index (χ0n) is 84.9. The van der Waals surface area contributed by atoms with Crippen LogP contribution in [0.4, 0.5) is 0 Å². The summed E-state index contributed by atoms with van der Waals surface area (Å²) in [6.07, 6.45) is 14.2. The molecular weight excluding hydrogens is 1990 g/mol. The van der Waals surface area contributed by atoms with Crippen molar-refractivity contribution in [3.63, 3.8) is 0 Å². The molecular formula is C97H184O24S8W. The second-order valence-electron chi connectivity index (χ2n) is 22.5. The maximum Gasteiger partial charge on any atom is 2.00 e. The van der Waals surface area contributed by atoms with E-state index in [0.29, 0.717) is 0 Å². The zero-order chi connectivity index (χ0) is 103. The van der Waals surface area contributed by atoms with Crippen LogP contribution in [0.3, 0.4) is 0 Å². The third-order valence-corrected chi connectivity index (χ3v) is 14.8. The summed E-state index contributed by atoms with van der Waals surface area (Å²) >= 11 is 1.04. The first-order valence-electron chi connectivity index (χ1n) is 42.9. The molecule has 770 valence electrons. The van der Waals surface area contributed by atoms with Gasteiger partial charge in [-0.1, -0.05) is 512 Å². The minimum Gasteiger partial charge on any atom is -0.358 e. The summed E-state index contributed by atoms with van der Waals surface area (Å²) < 4.78 is 192. The quantitative estimate of drug-likeness (QED) is 0.0133. The first kappa shape index (κ1) is 177. The Hall–Kier alpha value is -5.95. The molecule has 0 bridgehead atoms. The van der Waals surface area contributed by atoms with Gasteiger partial charge in [-0.3, -0.25) is 31.9 Å². The first-order chi connectivity index (χ1) is 59.7. The van der Waals surface area contributed by atoms with Crippen molar-refractivity contribution >= 4 is 82.9 Å². The number of hydrogen-bond acceptors (Lipinski definition) is 18. The van der Waals surface area contributed by atoms with Crippen molar-refractivity contribution in [2.24, 2.45) is 0 Å². The minimum atomic E-state index is -3.66. The van der Waals surface area contributed by atoms with Crippen LogP contribution in [0.1, 0.15) is 264 Å². The van der Waals surface area contributed by atoms with E-state index in [1.54, 1.807) is 0 Å². The Bertz CT molecular complexity index is 2850. The smallest absolute Gasteiger partial charge is 0.358 e. The molecule has 0 aliphatic carbocycles. The molecule has 0 heterocycles. The van der Waals surface area contributed by atoms with Gasteiger partial charge in [0, 0.05) is 17.8 Å². The van der Waals surface area contributed by atoms with Crippen molar-refractivity contribution in [3.8, 4) is 0 Å². The molecule has 33 heteroatoms. The van der Waals surface area contributed by atoms with E-state index in [9.17, 15) is 58.9 Å². The average Bonchev–Trinajstić information content (AvgIpc) is 1.04. The fraction of sp³-hybridized carbons (Fsp3) is 0.485. The van der Waals surface area contributed by atoms with Crippen LogP contribution in [0.25, 0.3) is 0 Å². The molecule has 8 aromatic carbocycles. The van der Waals surface area contributed by atoms with Gasteiger partial charge in [0.05, 0.1) is 40.3 Å². The van der Waals surface area contributed by atoms with Crippen molar-refractivity contribution in [3.05, 3.63) is 306 Å².